The number of quaternary nitrogens is 1. The molecule has 0 aromatic heterocycles. The average molecular weight is 1070 g/mol. The number of rotatable bonds is 60. The summed E-state index contributed by atoms with van der Waals surface area (Å²) in [6.45, 7) is 4.30. The number of unbranched alkanes of at least 4 members (excludes halogenated alkanes) is 42. The molecule has 0 aliphatic rings. The lowest BCUT2D eigenvalue weighted by Gasteiger charge is -2.28. The summed E-state index contributed by atoms with van der Waals surface area (Å²) in [6.07, 6.45) is 68.1. The predicted molar refractivity (Wildman–Crippen MR) is 314 cm³/mol. The highest BCUT2D eigenvalue weighted by atomic mass is 31.2. The summed E-state index contributed by atoms with van der Waals surface area (Å²) >= 11 is 0. The second kappa shape index (κ2) is 56.2. The summed E-state index contributed by atoms with van der Waals surface area (Å²) in [5, 5.41) is 0. The van der Waals surface area contributed by atoms with Crippen LogP contribution in [-0.2, 0) is 32.7 Å². The Morgan fingerprint density at radius 1 is 0.405 bits per heavy atom. The molecule has 438 valence electrons. The quantitative estimate of drug-likeness (QED) is 0.0195. The number of phosphoric ester groups is 1. The van der Waals surface area contributed by atoms with Gasteiger partial charge in [0.05, 0.1) is 27.7 Å². The molecule has 74 heavy (non-hydrogen) atoms. The van der Waals surface area contributed by atoms with E-state index in [4.69, 9.17) is 18.5 Å². The number of phosphoric acid groups is 1. The van der Waals surface area contributed by atoms with Gasteiger partial charge in [-0.2, -0.15) is 0 Å². The molecule has 0 aromatic rings. The van der Waals surface area contributed by atoms with Crippen molar-refractivity contribution < 1.29 is 42.1 Å². The van der Waals surface area contributed by atoms with Crippen molar-refractivity contribution in [3.8, 4) is 0 Å². The molecule has 0 amide bonds. The molecule has 0 saturated heterocycles. The first kappa shape index (κ1) is 72.5. The van der Waals surface area contributed by atoms with Crippen molar-refractivity contribution in [2.75, 3.05) is 47.5 Å². The first-order valence-electron chi connectivity index (χ1n) is 32.0. The van der Waals surface area contributed by atoms with E-state index < -0.39 is 26.5 Å². The van der Waals surface area contributed by atoms with E-state index in [2.05, 4.69) is 38.2 Å². The van der Waals surface area contributed by atoms with Crippen LogP contribution in [-0.4, -0.2) is 70.0 Å². The number of carbonyl (C=O) groups is 2. The third-order valence-electron chi connectivity index (χ3n) is 14.4. The number of carbonyl (C=O) groups excluding carboxylic acids is 2. The minimum absolute atomic E-state index is 0.0281. The zero-order chi connectivity index (χ0) is 54.2. The summed E-state index contributed by atoms with van der Waals surface area (Å²) in [7, 11) is 1.18. The molecule has 10 heteroatoms. The molecule has 0 rings (SSSR count). The van der Waals surface area contributed by atoms with Crippen molar-refractivity contribution in [1.29, 1.82) is 0 Å². The fraction of sp³-hybridized carbons (Fsp3) is 0.906. The molecule has 0 saturated carbocycles. The fourth-order valence-corrected chi connectivity index (χ4v) is 10.2. The van der Waals surface area contributed by atoms with Crippen LogP contribution in [0.1, 0.15) is 322 Å². The lowest BCUT2D eigenvalue weighted by atomic mass is 10.0. The van der Waals surface area contributed by atoms with E-state index >= 15 is 0 Å². The average Bonchev–Trinajstić information content (AvgIpc) is 3.36. The second-order valence-electron chi connectivity index (χ2n) is 23.1. The minimum atomic E-state index is -4.63. The molecule has 0 aromatic carbocycles. The van der Waals surface area contributed by atoms with Crippen molar-refractivity contribution in [3.05, 3.63) is 24.3 Å². The minimum Gasteiger partial charge on any atom is -0.756 e. The first-order valence-corrected chi connectivity index (χ1v) is 33.5. The molecule has 0 radical (unpaired) electrons. The summed E-state index contributed by atoms with van der Waals surface area (Å²) < 4.78 is 34.3. The van der Waals surface area contributed by atoms with Gasteiger partial charge in [-0.25, -0.2) is 0 Å². The maximum atomic E-state index is 12.8. The van der Waals surface area contributed by atoms with Crippen LogP contribution in [0.15, 0.2) is 24.3 Å². The monoisotopic (exact) mass is 1070 g/mol. The molecule has 0 N–H and O–H groups in total. The largest absolute Gasteiger partial charge is 0.756 e. The lowest BCUT2D eigenvalue weighted by molar-refractivity contribution is -0.870. The van der Waals surface area contributed by atoms with Crippen LogP contribution in [0.2, 0.25) is 0 Å². The molecule has 9 nitrogen and oxygen atoms in total. The first-order chi connectivity index (χ1) is 36.0. The van der Waals surface area contributed by atoms with E-state index in [0.29, 0.717) is 17.4 Å². The molecule has 0 bridgehead atoms. The van der Waals surface area contributed by atoms with Crippen LogP contribution in [0.25, 0.3) is 0 Å². The third-order valence-corrected chi connectivity index (χ3v) is 15.4. The van der Waals surface area contributed by atoms with Crippen molar-refractivity contribution in [1.82, 2.24) is 0 Å². The highest BCUT2D eigenvalue weighted by Crippen LogP contribution is 2.38. The Morgan fingerprint density at radius 3 is 1.00 bits per heavy atom. The molecule has 2 atom stereocenters. The van der Waals surface area contributed by atoms with E-state index in [1.807, 2.05) is 21.1 Å². The van der Waals surface area contributed by atoms with Gasteiger partial charge < -0.3 is 27.9 Å². The number of likely N-dealkylation sites (N-methyl/N-ethyl adjacent to an activating group) is 1. The van der Waals surface area contributed by atoms with Gasteiger partial charge >= 0.3 is 11.9 Å². The molecule has 2 unspecified atom stereocenters. The molecule has 0 heterocycles. The maximum Gasteiger partial charge on any atom is 0.306 e. The number of ether oxygens (including phenoxy) is 2. The molecule has 0 aliphatic carbocycles. The van der Waals surface area contributed by atoms with Gasteiger partial charge in [0.2, 0.25) is 0 Å². The molecular weight excluding hydrogens is 942 g/mol. The summed E-state index contributed by atoms with van der Waals surface area (Å²) in [6, 6.07) is 0. The number of esters is 2. The van der Waals surface area contributed by atoms with E-state index in [1.54, 1.807) is 0 Å². The number of hydrogen-bond acceptors (Lipinski definition) is 8. The van der Waals surface area contributed by atoms with Crippen LogP contribution in [0.4, 0.5) is 0 Å². The zero-order valence-corrected chi connectivity index (χ0v) is 50.7. The van der Waals surface area contributed by atoms with E-state index in [9.17, 15) is 19.0 Å². The number of hydrogen-bond donors (Lipinski definition) is 0. The Labute approximate surface area is 459 Å². The highest BCUT2D eigenvalue weighted by molar-refractivity contribution is 7.45. The summed E-state index contributed by atoms with van der Waals surface area (Å²) in [5.41, 5.74) is 0. The van der Waals surface area contributed by atoms with E-state index in [0.717, 1.165) is 32.1 Å². The van der Waals surface area contributed by atoms with Crippen molar-refractivity contribution in [3.63, 3.8) is 0 Å². The zero-order valence-electron chi connectivity index (χ0n) is 49.8. The number of nitrogens with zero attached hydrogens (tertiary/aromatic N) is 1. The van der Waals surface area contributed by atoms with Crippen molar-refractivity contribution >= 4 is 19.8 Å². The van der Waals surface area contributed by atoms with Crippen LogP contribution in [0.3, 0.4) is 0 Å². The second-order valence-corrected chi connectivity index (χ2v) is 24.5. The Kier molecular flexibility index (Phi) is 55.1. The van der Waals surface area contributed by atoms with Gasteiger partial charge in [-0.15, -0.1) is 0 Å². The van der Waals surface area contributed by atoms with Crippen LogP contribution in [0, 0.1) is 0 Å². The predicted octanol–water partition coefficient (Wildman–Crippen LogP) is 19.5. The van der Waals surface area contributed by atoms with Gasteiger partial charge in [0, 0.05) is 12.8 Å². The lowest BCUT2D eigenvalue weighted by Crippen LogP contribution is -2.37. The van der Waals surface area contributed by atoms with Gasteiger partial charge in [0.1, 0.15) is 19.8 Å². The van der Waals surface area contributed by atoms with Crippen LogP contribution < -0.4 is 4.89 Å². The SMILES string of the molecule is CCCCCCCCCC/C=C\CCCCCCCCCCCCCCCCCC(=O)OC(COC(=O)CCCCCCCCCCCCC/C=C\CCCCCCCCCC)COP(=O)([O-])OCC[N+](C)(C)C. The van der Waals surface area contributed by atoms with Crippen molar-refractivity contribution in [2.24, 2.45) is 0 Å². The van der Waals surface area contributed by atoms with Gasteiger partial charge in [-0.1, -0.05) is 269 Å². The van der Waals surface area contributed by atoms with Crippen LogP contribution in [0.5, 0.6) is 0 Å². The van der Waals surface area contributed by atoms with Crippen molar-refractivity contribution in [2.45, 2.75) is 328 Å². The third kappa shape index (κ3) is 59.7. The fourth-order valence-electron chi connectivity index (χ4n) is 9.47. The molecule has 0 spiro atoms. The molecule has 0 aliphatic heterocycles. The molecular formula is C64H124NO8P. The Hall–Kier alpha value is -1.51. The standard InChI is InChI=1S/C64H124NO8P/c1-6-8-10-12-14-16-18-20-22-24-26-28-30-31-32-33-35-37-39-41-43-45-47-49-51-53-55-57-64(67)73-62(61-72-74(68,69)71-59-58-65(3,4)5)60-70-63(66)56-54-52-50-48-46-44-42-40-38-36-34-29-27-25-23-21-19-17-15-13-11-9-7-2/h24-27,62H,6-23,28-61H2,1-5H3/b26-24-,27-25-. The van der Waals surface area contributed by atoms with Gasteiger partial charge in [-0.05, 0) is 64.2 Å². The topological polar surface area (TPSA) is 111 Å². The number of allylic oxidation sites excluding steroid dienone is 4. The van der Waals surface area contributed by atoms with Gasteiger partial charge in [0.15, 0.2) is 6.10 Å². The Morgan fingerprint density at radius 2 is 0.689 bits per heavy atom. The van der Waals surface area contributed by atoms with Gasteiger partial charge in [-0.3, -0.25) is 14.2 Å². The van der Waals surface area contributed by atoms with E-state index in [-0.39, 0.29) is 32.0 Å². The highest BCUT2D eigenvalue weighted by Gasteiger charge is 2.22. The maximum absolute atomic E-state index is 12.8. The normalized spacial score (nSPS) is 13.3. The van der Waals surface area contributed by atoms with E-state index in [1.165, 1.54) is 257 Å². The smallest absolute Gasteiger partial charge is 0.306 e. The van der Waals surface area contributed by atoms with Crippen LogP contribution >= 0.6 is 7.82 Å². The Balaban J connectivity index is 4.07. The van der Waals surface area contributed by atoms with Gasteiger partial charge in [0.25, 0.3) is 7.82 Å². The summed E-state index contributed by atoms with van der Waals surface area (Å²) in [4.78, 5) is 38.0. The molecule has 0 fully saturated rings. The Bertz CT molecular complexity index is 1300. The summed E-state index contributed by atoms with van der Waals surface area (Å²) in [5.74, 6) is -0.816.